The smallest absolute Gasteiger partial charge is 0.271 e. The third-order valence-electron chi connectivity index (χ3n) is 2.33. The first-order valence-electron chi connectivity index (χ1n) is 5.34. The summed E-state index contributed by atoms with van der Waals surface area (Å²) in [5, 5.41) is 7.72. The van der Waals surface area contributed by atoms with Crippen molar-refractivity contribution in [2.24, 2.45) is 5.14 Å². The average Bonchev–Trinajstić information content (AvgIpc) is 2.86. The van der Waals surface area contributed by atoms with E-state index in [1.165, 1.54) is 13.2 Å². The van der Waals surface area contributed by atoms with Crippen molar-refractivity contribution in [3.8, 4) is 5.88 Å². The molecular formula is C11H13N3O4S. The fraction of sp³-hybridized carbons (Fsp3) is 0.182. The van der Waals surface area contributed by atoms with Crippen molar-refractivity contribution in [2.75, 3.05) is 12.4 Å². The molecule has 0 unspecified atom stereocenters. The molecule has 2 rings (SSSR count). The molecule has 2 aromatic rings. The molecule has 2 aromatic heterocycles. The minimum absolute atomic E-state index is 0.253. The number of ether oxygens (including phenoxy) is 1. The highest BCUT2D eigenvalue weighted by atomic mass is 32.2. The van der Waals surface area contributed by atoms with E-state index in [2.05, 4.69) is 10.3 Å². The van der Waals surface area contributed by atoms with E-state index in [-0.39, 0.29) is 5.09 Å². The Morgan fingerprint density at radius 2 is 2.16 bits per heavy atom. The van der Waals surface area contributed by atoms with E-state index < -0.39 is 10.0 Å². The number of nitrogens with two attached hydrogens (primary N) is 1. The molecule has 0 atom stereocenters. The number of primary sulfonamides is 1. The summed E-state index contributed by atoms with van der Waals surface area (Å²) in [6, 6.07) is 6.36. The Morgan fingerprint density at radius 1 is 1.37 bits per heavy atom. The number of furan rings is 1. The van der Waals surface area contributed by atoms with Gasteiger partial charge in [0.1, 0.15) is 5.76 Å². The van der Waals surface area contributed by atoms with Gasteiger partial charge in [0, 0.05) is 6.07 Å². The van der Waals surface area contributed by atoms with E-state index in [0.717, 1.165) is 5.69 Å². The van der Waals surface area contributed by atoms with Gasteiger partial charge >= 0.3 is 0 Å². The lowest BCUT2D eigenvalue weighted by molar-refractivity contribution is 0.398. The second kappa shape index (κ2) is 5.29. The van der Waals surface area contributed by atoms with Gasteiger partial charge in [-0.3, -0.25) is 0 Å². The van der Waals surface area contributed by atoms with Crippen LogP contribution < -0.4 is 15.2 Å². The summed E-state index contributed by atoms with van der Waals surface area (Å²) in [7, 11) is -2.26. The number of methoxy groups -OCH3 is 1. The summed E-state index contributed by atoms with van der Waals surface area (Å²) in [5.74, 6) is 0.972. The van der Waals surface area contributed by atoms with Crippen LogP contribution in [-0.2, 0) is 16.6 Å². The summed E-state index contributed by atoms with van der Waals surface area (Å²) in [6.07, 6.45) is 1.60. The van der Waals surface area contributed by atoms with Crippen molar-refractivity contribution >= 4 is 15.7 Å². The number of aromatic nitrogens is 1. The Hall–Kier alpha value is -2.06. The van der Waals surface area contributed by atoms with Gasteiger partial charge in [-0.1, -0.05) is 0 Å². The predicted octanol–water partition coefficient (Wildman–Crippen LogP) is 0.943. The van der Waals surface area contributed by atoms with Crippen LogP contribution in [0.25, 0.3) is 0 Å². The summed E-state index contributed by atoms with van der Waals surface area (Å²) < 4.78 is 32.1. The highest BCUT2D eigenvalue weighted by molar-refractivity contribution is 7.89. The van der Waals surface area contributed by atoms with E-state index in [1.54, 1.807) is 24.4 Å². The molecule has 19 heavy (non-hydrogen) atoms. The minimum Gasteiger partial charge on any atom is -0.481 e. The molecule has 0 spiro atoms. The Labute approximate surface area is 110 Å². The Bertz CT molecular complexity index is 649. The summed E-state index contributed by atoms with van der Waals surface area (Å²) in [4.78, 5) is 4.02. The fourth-order valence-corrected chi connectivity index (χ4v) is 1.88. The van der Waals surface area contributed by atoms with Crippen LogP contribution in [0.1, 0.15) is 5.76 Å². The number of nitrogens with one attached hydrogen (secondary N) is 1. The molecule has 102 valence electrons. The Morgan fingerprint density at radius 3 is 2.68 bits per heavy atom. The summed E-state index contributed by atoms with van der Waals surface area (Å²) >= 11 is 0. The molecular weight excluding hydrogens is 270 g/mol. The van der Waals surface area contributed by atoms with Gasteiger partial charge in [0.25, 0.3) is 10.0 Å². The largest absolute Gasteiger partial charge is 0.481 e. The van der Waals surface area contributed by atoms with E-state index >= 15 is 0 Å². The number of pyridine rings is 1. The molecule has 0 aliphatic carbocycles. The maximum Gasteiger partial charge on any atom is 0.271 e. The topological polar surface area (TPSA) is 107 Å². The van der Waals surface area contributed by atoms with Gasteiger partial charge < -0.3 is 14.5 Å². The van der Waals surface area contributed by atoms with Gasteiger partial charge in [0.05, 0.1) is 25.5 Å². The number of nitrogens with zero attached hydrogens (tertiary/aromatic N) is 1. The number of hydrogen-bond acceptors (Lipinski definition) is 6. The number of rotatable bonds is 5. The van der Waals surface area contributed by atoms with Crippen molar-refractivity contribution in [1.82, 2.24) is 4.98 Å². The van der Waals surface area contributed by atoms with Crippen molar-refractivity contribution < 1.29 is 17.6 Å². The molecule has 0 radical (unpaired) electrons. The molecule has 0 amide bonds. The maximum atomic E-state index is 11.0. The zero-order valence-corrected chi connectivity index (χ0v) is 11.0. The maximum absolute atomic E-state index is 11.0. The average molecular weight is 283 g/mol. The van der Waals surface area contributed by atoms with Gasteiger partial charge in [0.15, 0.2) is 0 Å². The molecule has 0 aliphatic heterocycles. The van der Waals surface area contributed by atoms with Crippen LogP contribution in [-0.4, -0.2) is 20.5 Å². The van der Waals surface area contributed by atoms with Crippen LogP contribution in [0.3, 0.4) is 0 Å². The first kappa shape index (κ1) is 13.4. The van der Waals surface area contributed by atoms with Gasteiger partial charge in [-0.05, 0) is 18.2 Å². The lowest BCUT2D eigenvalue weighted by Gasteiger charge is -2.04. The van der Waals surface area contributed by atoms with Crippen LogP contribution in [0.4, 0.5) is 5.69 Å². The van der Waals surface area contributed by atoms with E-state index in [1.807, 2.05) is 0 Å². The van der Waals surface area contributed by atoms with Crippen LogP contribution >= 0.6 is 0 Å². The molecule has 0 saturated heterocycles. The van der Waals surface area contributed by atoms with Gasteiger partial charge in [-0.25, -0.2) is 18.5 Å². The molecule has 0 fully saturated rings. The first-order valence-corrected chi connectivity index (χ1v) is 6.89. The lowest BCUT2D eigenvalue weighted by atomic mass is 10.4. The highest BCUT2D eigenvalue weighted by Gasteiger charge is 2.12. The van der Waals surface area contributed by atoms with Gasteiger partial charge in [0.2, 0.25) is 11.0 Å². The Kier molecular flexibility index (Phi) is 3.72. The van der Waals surface area contributed by atoms with Crippen LogP contribution in [0.5, 0.6) is 5.88 Å². The molecule has 7 nitrogen and oxygen atoms in total. The Balaban J connectivity index is 2.00. The van der Waals surface area contributed by atoms with Crippen molar-refractivity contribution in [3.05, 3.63) is 36.2 Å². The zero-order valence-electron chi connectivity index (χ0n) is 10.2. The quantitative estimate of drug-likeness (QED) is 0.845. The summed E-state index contributed by atoms with van der Waals surface area (Å²) in [6.45, 7) is 0.323. The second-order valence-corrected chi connectivity index (χ2v) is 5.20. The fourth-order valence-electron chi connectivity index (χ4n) is 1.40. The SMILES string of the molecule is COc1ccc(NCc2ccc(S(N)(=O)=O)o2)cn1. The van der Waals surface area contributed by atoms with Gasteiger partial charge in [-0.15, -0.1) is 0 Å². The lowest BCUT2D eigenvalue weighted by Crippen LogP contribution is -2.10. The van der Waals surface area contributed by atoms with Crippen LogP contribution in [0.2, 0.25) is 0 Å². The second-order valence-electron chi connectivity index (χ2n) is 3.71. The van der Waals surface area contributed by atoms with E-state index in [9.17, 15) is 8.42 Å². The molecule has 3 N–H and O–H groups in total. The van der Waals surface area contributed by atoms with Crippen LogP contribution in [0, 0.1) is 0 Å². The number of hydrogen-bond donors (Lipinski definition) is 2. The number of sulfonamides is 1. The monoisotopic (exact) mass is 283 g/mol. The zero-order chi connectivity index (χ0) is 13.9. The molecule has 0 bridgehead atoms. The molecule has 0 aromatic carbocycles. The summed E-state index contributed by atoms with van der Waals surface area (Å²) in [5.41, 5.74) is 0.759. The standard InChI is InChI=1S/C11H13N3O4S/c1-17-10-4-2-8(6-14-10)13-7-9-3-5-11(18-9)19(12,15)16/h2-6,13H,7H2,1H3,(H2,12,15,16). The normalized spacial score (nSPS) is 11.3. The van der Waals surface area contributed by atoms with Crippen LogP contribution in [0.15, 0.2) is 40.0 Å². The van der Waals surface area contributed by atoms with E-state index in [4.69, 9.17) is 14.3 Å². The third kappa shape index (κ3) is 3.46. The van der Waals surface area contributed by atoms with Crippen molar-refractivity contribution in [1.29, 1.82) is 0 Å². The first-order chi connectivity index (χ1) is 8.99. The minimum atomic E-state index is -3.80. The number of anilines is 1. The third-order valence-corrected chi connectivity index (χ3v) is 3.11. The molecule has 2 heterocycles. The van der Waals surface area contributed by atoms with Gasteiger partial charge in [-0.2, -0.15) is 0 Å². The molecule has 0 saturated carbocycles. The molecule has 0 aliphatic rings. The van der Waals surface area contributed by atoms with E-state index in [0.29, 0.717) is 18.2 Å². The predicted molar refractivity (Wildman–Crippen MR) is 68.2 cm³/mol. The van der Waals surface area contributed by atoms with Crippen molar-refractivity contribution in [2.45, 2.75) is 11.6 Å². The molecule has 8 heteroatoms. The highest BCUT2D eigenvalue weighted by Crippen LogP contribution is 2.15. The van der Waals surface area contributed by atoms with Crippen molar-refractivity contribution in [3.63, 3.8) is 0 Å².